The number of hydrogen-bond acceptors (Lipinski definition) is 6. The third-order valence-electron chi connectivity index (χ3n) is 6.81. The Morgan fingerprint density at radius 3 is 2.50 bits per heavy atom. The summed E-state index contributed by atoms with van der Waals surface area (Å²) in [7, 11) is 1.63. The van der Waals surface area contributed by atoms with E-state index in [1.807, 2.05) is 36.6 Å². The van der Waals surface area contributed by atoms with Crippen molar-refractivity contribution >= 4 is 27.5 Å². The number of nitrogens with zero attached hydrogens (tertiary/aromatic N) is 3. The van der Waals surface area contributed by atoms with Crippen molar-refractivity contribution in [1.82, 2.24) is 14.0 Å². The smallest absolute Gasteiger partial charge is 0.333 e. The molecule has 3 heterocycles. The first kappa shape index (κ1) is 24.2. The fraction of sp³-hybridized carbons (Fsp3) is 0.480. The molecular formula is C25H31N3O5S. The molecule has 1 aliphatic heterocycles. The van der Waals surface area contributed by atoms with Gasteiger partial charge in [-0.15, -0.1) is 11.3 Å². The van der Waals surface area contributed by atoms with Crippen LogP contribution < -0.4 is 16.0 Å². The maximum absolute atomic E-state index is 13.8. The van der Waals surface area contributed by atoms with Crippen molar-refractivity contribution in [2.75, 3.05) is 20.2 Å². The monoisotopic (exact) mass is 485 g/mol. The fourth-order valence-corrected chi connectivity index (χ4v) is 5.85. The molecule has 8 nitrogen and oxygen atoms in total. The van der Waals surface area contributed by atoms with Gasteiger partial charge in [-0.25, -0.2) is 14.2 Å². The Balaban J connectivity index is 1.96. The number of carboxylic acids is 1. The molecular weight excluding hydrogens is 454 g/mol. The average Bonchev–Trinajstić information content (AvgIpc) is 3.21. The summed E-state index contributed by atoms with van der Waals surface area (Å²) < 4.78 is 8.14. The van der Waals surface area contributed by atoms with Gasteiger partial charge in [0.05, 0.1) is 18.5 Å². The van der Waals surface area contributed by atoms with E-state index < -0.39 is 22.8 Å². The first-order chi connectivity index (χ1) is 16.2. The van der Waals surface area contributed by atoms with Gasteiger partial charge in [0.2, 0.25) is 0 Å². The number of hydrogen-bond donors (Lipinski definition) is 1. The van der Waals surface area contributed by atoms with E-state index in [2.05, 4.69) is 4.90 Å². The second-order valence-corrected chi connectivity index (χ2v) is 10.2. The fourth-order valence-electron chi connectivity index (χ4n) is 4.80. The van der Waals surface area contributed by atoms with Crippen LogP contribution in [0.5, 0.6) is 5.75 Å². The van der Waals surface area contributed by atoms with E-state index in [9.17, 15) is 19.5 Å². The Morgan fingerprint density at radius 2 is 1.85 bits per heavy atom. The van der Waals surface area contributed by atoms with Crippen molar-refractivity contribution < 1.29 is 14.6 Å². The summed E-state index contributed by atoms with van der Waals surface area (Å²) in [6, 6.07) is 7.62. The lowest BCUT2D eigenvalue weighted by Gasteiger charge is -2.36. The predicted molar refractivity (Wildman–Crippen MR) is 133 cm³/mol. The predicted octanol–water partition coefficient (Wildman–Crippen LogP) is 3.59. The van der Waals surface area contributed by atoms with Crippen molar-refractivity contribution in [1.29, 1.82) is 0 Å². The molecule has 1 unspecified atom stereocenters. The topological polar surface area (TPSA) is 93.8 Å². The van der Waals surface area contributed by atoms with E-state index in [0.29, 0.717) is 10.2 Å². The van der Waals surface area contributed by atoms with Crippen LogP contribution in [0.2, 0.25) is 0 Å². The third-order valence-corrected chi connectivity index (χ3v) is 7.93. The number of fused-ring (bicyclic) bond motifs is 1. The lowest BCUT2D eigenvalue weighted by molar-refractivity contribution is -0.146. The Bertz CT molecular complexity index is 1330. The van der Waals surface area contributed by atoms with Crippen LogP contribution in [0, 0.1) is 6.92 Å². The quantitative estimate of drug-likeness (QED) is 0.550. The number of ether oxygens (including phenoxy) is 1. The van der Waals surface area contributed by atoms with Gasteiger partial charge < -0.3 is 9.84 Å². The van der Waals surface area contributed by atoms with Gasteiger partial charge >= 0.3 is 11.7 Å². The number of aromatic nitrogens is 2. The molecule has 0 bridgehead atoms. The number of methoxy groups -OCH3 is 1. The van der Waals surface area contributed by atoms with E-state index in [1.54, 1.807) is 11.7 Å². The first-order valence-corrected chi connectivity index (χ1v) is 12.4. The van der Waals surface area contributed by atoms with Crippen LogP contribution in [0.3, 0.4) is 0 Å². The van der Waals surface area contributed by atoms with Gasteiger partial charge in [-0.1, -0.05) is 24.6 Å². The van der Waals surface area contributed by atoms with Crippen LogP contribution in [0.15, 0.2) is 39.2 Å². The molecule has 0 spiro atoms. The molecule has 9 heteroatoms. The van der Waals surface area contributed by atoms with Crippen LogP contribution in [0.4, 0.5) is 0 Å². The lowest BCUT2D eigenvalue weighted by atomic mass is 10.00. The maximum Gasteiger partial charge on any atom is 0.333 e. The summed E-state index contributed by atoms with van der Waals surface area (Å²) >= 11 is 1.34. The number of likely N-dealkylation sites (tertiary alicyclic amines) is 1. The molecule has 0 saturated carbocycles. The molecule has 1 N–H and O–H groups in total. The van der Waals surface area contributed by atoms with Gasteiger partial charge in [0.1, 0.15) is 16.1 Å². The molecule has 182 valence electrons. The second kappa shape index (κ2) is 9.38. The van der Waals surface area contributed by atoms with E-state index >= 15 is 0 Å². The molecule has 4 rings (SSSR count). The van der Waals surface area contributed by atoms with Gasteiger partial charge in [0.25, 0.3) is 5.56 Å². The molecule has 1 saturated heterocycles. The summed E-state index contributed by atoms with van der Waals surface area (Å²) in [6.45, 7) is 6.66. The lowest BCUT2D eigenvalue weighted by Crippen LogP contribution is -2.53. The number of aliphatic carboxylic acids is 1. The molecule has 0 aliphatic carbocycles. The van der Waals surface area contributed by atoms with Crippen LogP contribution in [0.25, 0.3) is 10.2 Å². The molecule has 1 fully saturated rings. The van der Waals surface area contributed by atoms with Crippen molar-refractivity contribution in [3.63, 3.8) is 0 Å². The molecule has 1 aliphatic rings. The Kier molecular flexibility index (Phi) is 6.69. The van der Waals surface area contributed by atoms with Crippen LogP contribution in [0.1, 0.15) is 50.3 Å². The van der Waals surface area contributed by atoms with Gasteiger partial charge in [-0.3, -0.25) is 14.3 Å². The number of aryl methyl sites for hydroxylation is 1. The number of rotatable bonds is 7. The molecule has 0 amide bonds. The van der Waals surface area contributed by atoms with Gasteiger partial charge in [0.15, 0.2) is 0 Å². The van der Waals surface area contributed by atoms with Gasteiger partial charge in [0, 0.05) is 12.1 Å². The first-order valence-electron chi connectivity index (χ1n) is 11.5. The summed E-state index contributed by atoms with van der Waals surface area (Å²) in [4.78, 5) is 42.1. The zero-order chi connectivity index (χ0) is 24.6. The number of para-hydroxylation sites is 1. The highest BCUT2D eigenvalue weighted by Gasteiger charge is 2.36. The van der Waals surface area contributed by atoms with Gasteiger partial charge in [-0.2, -0.15) is 0 Å². The number of carboxylic acid groups (broad SMARTS) is 1. The van der Waals surface area contributed by atoms with Crippen molar-refractivity contribution in [2.24, 2.45) is 0 Å². The molecule has 34 heavy (non-hydrogen) atoms. The SMILES string of the molecule is COc1ccccc1C(Cn1c(=O)n(C(C)(C)C(=O)O)c(=O)c2c(C)csc21)N1CCCCC1. The summed E-state index contributed by atoms with van der Waals surface area (Å²) in [5.41, 5.74) is -1.15. The minimum absolute atomic E-state index is 0.168. The Labute approximate surface area is 202 Å². The minimum Gasteiger partial charge on any atom is -0.496 e. The second-order valence-electron chi connectivity index (χ2n) is 9.35. The number of thiophene rings is 1. The van der Waals surface area contributed by atoms with E-state index in [1.165, 1.54) is 31.6 Å². The van der Waals surface area contributed by atoms with E-state index in [0.717, 1.165) is 47.4 Å². The molecule has 1 aromatic carbocycles. The molecule has 3 aromatic rings. The Hall–Kier alpha value is -2.91. The van der Waals surface area contributed by atoms with E-state index in [-0.39, 0.29) is 12.6 Å². The maximum atomic E-state index is 13.8. The highest BCUT2D eigenvalue weighted by atomic mass is 32.1. The number of carbonyl (C=O) groups is 1. The largest absolute Gasteiger partial charge is 0.496 e. The molecule has 0 radical (unpaired) electrons. The van der Waals surface area contributed by atoms with Crippen molar-refractivity contribution in [3.05, 3.63) is 61.6 Å². The standard InChI is InChI=1S/C25H31N3O5S/c1-16-15-34-22-20(16)21(29)28(25(2,3)23(30)31)24(32)27(22)14-18(26-12-8-5-9-13-26)17-10-6-7-11-19(17)33-4/h6-7,10-11,15,18H,5,8-9,12-14H2,1-4H3,(H,30,31). The highest BCUT2D eigenvalue weighted by Crippen LogP contribution is 2.33. The van der Waals surface area contributed by atoms with Gasteiger partial charge in [-0.05, 0) is 63.7 Å². The zero-order valence-electron chi connectivity index (χ0n) is 20.0. The normalized spacial score (nSPS) is 16.0. The highest BCUT2D eigenvalue weighted by molar-refractivity contribution is 7.17. The van der Waals surface area contributed by atoms with Crippen molar-refractivity contribution in [2.45, 2.75) is 58.2 Å². The molecule has 2 aromatic heterocycles. The van der Waals surface area contributed by atoms with E-state index in [4.69, 9.17) is 4.74 Å². The summed E-state index contributed by atoms with van der Waals surface area (Å²) in [5.74, 6) is -0.494. The van der Waals surface area contributed by atoms with Crippen LogP contribution in [-0.2, 0) is 16.9 Å². The Morgan fingerprint density at radius 1 is 1.18 bits per heavy atom. The van der Waals surface area contributed by atoms with Crippen LogP contribution in [-0.4, -0.2) is 45.3 Å². The summed E-state index contributed by atoms with van der Waals surface area (Å²) in [6.07, 6.45) is 3.31. The summed E-state index contributed by atoms with van der Waals surface area (Å²) in [5, 5.41) is 12.1. The van der Waals surface area contributed by atoms with Crippen LogP contribution >= 0.6 is 11.3 Å². The zero-order valence-corrected chi connectivity index (χ0v) is 20.9. The third kappa shape index (κ3) is 4.07. The number of piperidine rings is 1. The molecule has 1 atom stereocenters. The average molecular weight is 486 g/mol. The number of benzene rings is 1. The van der Waals surface area contributed by atoms with Crippen molar-refractivity contribution in [3.8, 4) is 5.75 Å². The minimum atomic E-state index is -1.69.